The summed E-state index contributed by atoms with van der Waals surface area (Å²) >= 11 is 0. The van der Waals surface area contributed by atoms with Gasteiger partial charge in [-0.1, -0.05) is 0 Å². The van der Waals surface area contributed by atoms with Crippen LogP contribution in [0.3, 0.4) is 0 Å². The third-order valence-corrected chi connectivity index (χ3v) is 1.88. The summed E-state index contributed by atoms with van der Waals surface area (Å²) in [4.78, 5) is 0. The molecule has 68 valence electrons. The van der Waals surface area contributed by atoms with Crippen molar-refractivity contribution < 1.29 is 10.2 Å². The van der Waals surface area contributed by atoms with E-state index in [1.54, 1.807) is 0 Å². The molecule has 0 radical (unpaired) electrons. The van der Waals surface area contributed by atoms with Gasteiger partial charge in [-0.25, -0.2) is 0 Å². The van der Waals surface area contributed by atoms with Crippen molar-refractivity contribution in [3.63, 3.8) is 0 Å². The Morgan fingerprint density at radius 3 is 2.83 bits per heavy atom. The van der Waals surface area contributed by atoms with Gasteiger partial charge in [-0.15, -0.1) is 0 Å². The molecule has 2 N–H and O–H groups in total. The number of hydrogen-bond donors (Lipinski definition) is 2. The molecule has 0 aliphatic heterocycles. The van der Waals surface area contributed by atoms with E-state index < -0.39 is 6.10 Å². The molecule has 0 aromatic carbocycles. The van der Waals surface area contributed by atoms with Gasteiger partial charge < -0.3 is 14.8 Å². The van der Waals surface area contributed by atoms with Crippen LogP contribution in [0.15, 0.2) is 18.5 Å². The average Bonchev–Trinajstić information content (AvgIpc) is 2.47. The minimum Gasteiger partial charge on any atom is -0.396 e. The van der Waals surface area contributed by atoms with Crippen LogP contribution in [0.5, 0.6) is 0 Å². The first kappa shape index (κ1) is 9.29. The molecule has 0 spiro atoms. The Bertz CT molecular complexity index is 232. The van der Waals surface area contributed by atoms with E-state index in [0.29, 0.717) is 12.8 Å². The predicted octanol–water partition coefficient (Wildman–Crippen LogP) is 0.831. The lowest BCUT2D eigenvalue weighted by molar-refractivity contribution is 0.152. The smallest absolute Gasteiger partial charge is 0.0805 e. The second kappa shape index (κ2) is 4.28. The van der Waals surface area contributed by atoms with Gasteiger partial charge in [0.05, 0.1) is 6.10 Å². The third kappa shape index (κ3) is 2.36. The Hall–Kier alpha value is -0.800. The second-order valence-electron chi connectivity index (χ2n) is 2.99. The molecule has 1 aromatic rings. The van der Waals surface area contributed by atoms with E-state index >= 15 is 0 Å². The van der Waals surface area contributed by atoms with E-state index in [1.165, 1.54) is 0 Å². The summed E-state index contributed by atoms with van der Waals surface area (Å²) in [6.07, 6.45) is 4.63. The highest BCUT2D eigenvalue weighted by Crippen LogP contribution is 2.17. The highest BCUT2D eigenvalue weighted by molar-refractivity contribution is 5.12. The Kier molecular flexibility index (Phi) is 3.31. The molecule has 0 bridgehead atoms. The van der Waals surface area contributed by atoms with E-state index in [2.05, 4.69) is 0 Å². The molecule has 1 unspecified atom stereocenters. The van der Waals surface area contributed by atoms with Crippen LogP contribution in [0.25, 0.3) is 0 Å². The van der Waals surface area contributed by atoms with E-state index in [4.69, 9.17) is 5.11 Å². The van der Waals surface area contributed by atoms with Crippen LogP contribution in [0, 0.1) is 0 Å². The van der Waals surface area contributed by atoms with Gasteiger partial charge >= 0.3 is 0 Å². The standard InChI is InChI=1S/C9H15NO2/c1-10-5-4-8(7-10)9(12)3-2-6-11/h4-5,7,9,11-12H,2-3,6H2,1H3. The molecule has 0 amide bonds. The van der Waals surface area contributed by atoms with Gasteiger partial charge in [-0.2, -0.15) is 0 Å². The fraction of sp³-hybridized carbons (Fsp3) is 0.556. The van der Waals surface area contributed by atoms with Crippen molar-refractivity contribution in [1.82, 2.24) is 4.57 Å². The van der Waals surface area contributed by atoms with Crippen molar-refractivity contribution in [2.45, 2.75) is 18.9 Å². The first-order valence-electron chi connectivity index (χ1n) is 4.15. The number of aromatic nitrogens is 1. The molecule has 0 aliphatic carbocycles. The molecule has 0 saturated carbocycles. The first-order chi connectivity index (χ1) is 5.74. The molecule has 3 nitrogen and oxygen atoms in total. The van der Waals surface area contributed by atoms with Gasteiger partial charge in [0, 0.05) is 26.0 Å². The van der Waals surface area contributed by atoms with Crippen LogP contribution < -0.4 is 0 Å². The van der Waals surface area contributed by atoms with Crippen LogP contribution >= 0.6 is 0 Å². The lowest BCUT2D eigenvalue weighted by Crippen LogP contribution is -1.97. The molecule has 0 saturated heterocycles. The summed E-state index contributed by atoms with van der Waals surface area (Å²) in [5, 5.41) is 18.1. The van der Waals surface area contributed by atoms with Gasteiger partial charge in [-0.3, -0.25) is 0 Å². The number of hydrogen-bond acceptors (Lipinski definition) is 2. The number of aliphatic hydroxyl groups is 2. The lowest BCUT2D eigenvalue weighted by Gasteiger charge is -2.06. The van der Waals surface area contributed by atoms with Crippen molar-refractivity contribution in [1.29, 1.82) is 0 Å². The summed E-state index contributed by atoms with van der Waals surface area (Å²) in [5.41, 5.74) is 0.922. The van der Waals surface area contributed by atoms with Crippen LogP contribution in [-0.4, -0.2) is 21.4 Å². The Balaban J connectivity index is 2.47. The summed E-state index contributed by atoms with van der Waals surface area (Å²) in [6.45, 7) is 0.143. The molecule has 0 aliphatic rings. The maximum atomic E-state index is 9.54. The van der Waals surface area contributed by atoms with Gasteiger partial charge in [0.1, 0.15) is 0 Å². The monoisotopic (exact) mass is 169 g/mol. The minimum absolute atomic E-state index is 0.143. The largest absolute Gasteiger partial charge is 0.396 e. The third-order valence-electron chi connectivity index (χ3n) is 1.88. The Morgan fingerprint density at radius 1 is 1.58 bits per heavy atom. The lowest BCUT2D eigenvalue weighted by atomic mass is 10.1. The molecule has 1 heterocycles. The van der Waals surface area contributed by atoms with Crippen LogP contribution in [0.2, 0.25) is 0 Å². The molecule has 1 rings (SSSR count). The van der Waals surface area contributed by atoms with E-state index in [-0.39, 0.29) is 6.61 Å². The Labute approximate surface area is 72.3 Å². The zero-order chi connectivity index (χ0) is 8.97. The number of nitrogens with zero attached hydrogens (tertiary/aromatic N) is 1. The van der Waals surface area contributed by atoms with Crippen molar-refractivity contribution in [2.75, 3.05) is 6.61 Å². The zero-order valence-electron chi connectivity index (χ0n) is 7.27. The number of rotatable bonds is 4. The van der Waals surface area contributed by atoms with Gasteiger partial charge in [-0.05, 0) is 24.5 Å². The molecule has 0 fully saturated rings. The fourth-order valence-electron chi connectivity index (χ4n) is 1.17. The molecule has 3 heteroatoms. The first-order valence-corrected chi connectivity index (χ1v) is 4.15. The van der Waals surface area contributed by atoms with Crippen LogP contribution in [-0.2, 0) is 7.05 Å². The van der Waals surface area contributed by atoms with Crippen molar-refractivity contribution in [3.8, 4) is 0 Å². The van der Waals surface area contributed by atoms with E-state index in [9.17, 15) is 5.11 Å². The zero-order valence-corrected chi connectivity index (χ0v) is 7.27. The van der Waals surface area contributed by atoms with Crippen molar-refractivity contribution >= 4 is 0 Å². The molecular formula is C9H15NO2. The highest BCUT2D eigenvalue weighted by atomic mass is 16.3. The fourth-order valence-corrected chi connectivity index (χ4v) is 1.17. The van der Waals surface area contributed by atoms with Crippen LogP contribution in [0.4, 0.5) is 0 Å². The topological polar surface area (TPSA) is 45.4 Å². The SMILES string of the molecule is Cn1ccc(C(O)CCCO)c1. The maximum Gasteiger partial charge on any atom is 0.0805 e. The van der Waals surface area contributed by atoms with E-state index in [0.717, 1.165) is 5.56 Å². The second-order valence-corrected chi connectivity index (χ2v) is 2.99. The van der Waals surface area contributed by atoms with Gasteiger partial charge in [0.15, 0.2) is 0 Å². The van der Waals surface area contributed by atoms with Crippen molar-refractivity contribution in [3.05, 3.63) is 24.0 Å². The van der Waals surface area contributed by atoms with Gasteiger partial charge in [0.2, 0.25) is 0 Å². The summed E-state index contributed by atoms with van der Waals surface area (Å²) < 4.78 is 1.90. The normalized spacial score (nSPS) is 13.2. The van der Waals surface area contributed by atoms with E-state index in [1.807, 2.05) is 30.1 Å². The minimum atomic E-state index is -0.432. The molecule has 1 aromatic heterocycles. The average molecular weight is 169 g/mol. The quantitative estimate of drug-likeness (QED) is 0.701. The highest BCUT2D eigenvalue weighted by Gasteiger charge is 2.06. The summed E-state index contributed by atoms with van der Waals surface area (Å²) in [5.74, 6) is 0. The molecule has 12 heavy (non-hydrogen) atoms. The van der Waals surface area contributed by atoms with Gasteiger partial charge in [0.25, 0.3) is 0 Å². The van der Waals surface area contributed by atoms with Crippen molar-refractivity contribution in [2.24, 2.45) is 7.05 Å². The summed E-state index contributed by atoms with van der Waals surface area (Å²) in [6, 6.07) is 1.89. The van der Waals surface area contributed by atoms with Crippen LogP contribution in [0.1, 0.15) is 24.5 Å². The predicted molar refractivity (Wildman–Crippen MR) is 46.7 cm³/mol. The molecular weight excluding hydrogens is 154 g/mol. The summed E-state index contributed by atoms with van der Waals surface area (Å²) in [7, 11) is 1.92. The maximum absolute atomic E-state index is 9.54. The number of aryl methyl sites for hydroxylation is 1. The number of aliphatic hydroxyl groups excluding tert-OH is 2. The Morgan fingerprint density at radius 2 is 2.33 bits per heavy atom. The molecule has 1 atom stereocenters.